The van der Waals surface area contributed by atoms with E-state index in [1.807, 2.05) is 30.3 Å². The second-order valence-electron chi connectivity index (χ2n) is 7.05. The molecule has 0 fully saturated rings. The molecule has 1 atom stereocenters. The molecule has 1 unspecified atom stereocenters. The Morgan fingerprint density at radius 3 is 2.11 bits per heavy atom. The van der Waals surface area contributed by atoms with Crippen LogP contribution in [0.1, 0.15) is 47.3 Å². The molecule has 3 aromatic rings. The molecule has 11 nitrogen and oxygen atoms in total. The number of rotatable bonds is 10. The van der Waals surface area contributed by atoms with Gasteiger partial charge in [0, 0.05) is 25.0 Å². The second-order valence-corrected chi connectivity index (χ2v) is 7.39. The van der Waals surface area contributed by atoms with Crippen molar-refractivity contribution < 1.29 is 28.6 Å². The van der Waals surface area contributed by atoms with Gasteiger partial charge in [0.25, 0.3) is 0 Å². The molecule has 2 aromatic heterocycles. The first-order valence-electron chi connectivity index (χ1n) is 11.5. The summed E-state index contributed by atoms with van der Waals surface area (Å²) in [7, 11) is 0. The van der Waals surface area contributed by atoms with E-state index in [9.17, 15) is 14.4 Å². The topological polar surface area (TPSA) is 142 Å². The maximum Gasteiger partial charge on any atom is 0.376 e. The van der Waals surface area contributed by atoms with Crippen molar-refractivity contribution in [3.63, 3.8) is 0 Å². The van der Waals surface area contributed by atoms with Gasteiger partial charge in [0.1, 0.15) is 17.4 Å². The number of nitrogens with one attached hydrogen (secondary N) is 1. The van der Waals surface area contributed by atoms with Crippen LogP contribution in [0.4, 0.5) is 5.82 Å². The van der Waals surface area contributed by atoms with Crippen LogP contribution in [0, 0.1) is 0 Å². The number of benzene rings is 1. The van der Waals surface area contributed by atoms with E-state index in [1.54, 1.807) is 26.8 Å². The summed E-state index contributed by atoms with van der Waals surface area (Å²) in [5, 5.41) is 2.90. The fourth-order valence-corrected chi connectivity index (χ4v) is 3.01. The average Bonchev–Trinajstić information content (AvgIpc) is 2.90. The van der Waals surface area contributed by atoms with E-state index in [0.29, 0.717) is 13.0 Å². The molecular formula is C25H28ClN5O6. The fourth-order valence-electron chi connectivity index (χ4n) is 2.88. The minimum atomic E-state index is -0.753. The zero-order valence-corrected chi connectivity index (χ0v) is 21.5. The van der Waals surface area contributed by atoms with E-state index in [4.69, 9.17) is 21.1 Å². The van der Waals surface area contributed by atoms with Gasteiger partial charge in [-0.3, -0.25) is 0 Å². The summed E-state index contributed by atoms with van der Waals surface area (Å²) in [6.45, 7) is 5.94. The Balaban J connectivity index is 0.000000364. The molecule has 12 heteroatoms. The highest BCUT2D eigenvalue weighted by molar-refractivity contribution is 6.28. The summed E-state index contributed by atoms with van der Waals surface area (Å²) in [5.74, 6) is -1.31. The smallest absolute Gasteiger partial charge is 0.376 e. The van der Waals surface area contributed by atoms with Crippen molar-refractivity contribution in [1.82, 2.24) is 19.9 Å². The lowest BCUT2D eigenvalue weighted by atomic mass is 10.1. The van der Waals surface area contributed by atoms with Gasteiger partial charge in [0.15, 0.2) is 0 Å². The van der Waals surface area contributed by atoms with Crippen molar-refractivity contribution >= 4 is 35.3 Å². The number of hydrogen-bond acceptors (Lipinski definition) is 11. The van der Waals surface area contributed by atoms with Crippen LogP contribution in [0.25, 0.3) is 0 Å². The van der Waals surface area contributed by atoms with Crippen LogP contribution in [-0.4, -0.2) is 63.7 Å². The molecule has 37 heavy (non-hydrogen) atoms. The van der Waals surface area contributed by atoms with Crippen LogP contribution < -0.4 is 5.32 Å². The van der Waals surface area contributed by atoms with Crippen molar-refractivity contribution in [3.8, 4) is 0 Å². The summed E-state index contributed by atoms with van der Waals surface area (Å²) < 4.78 is 14.8. The van der Waals surface area contributed by atoms with E-state index < -0.39 is 23.9 Å². The first-order valence-corrected chi connectivity index (χ1v) is 11.9. The molecule has 0 aliphatic heterocycles. The number of nitrogens with zero attached hydrogens (tertiary/aromatic N) is 4. The van der Waals surface area contributed by atoms with Crippen LogP contribution in [0.15, 0.2) is 55.0 Å². The fraction of sp³-hybridized carbons (Fsp3) is 0.320. The van der Waals surface area contributed by atoms with Crippen molar-refractivity contribution in [2.24, 2.45) is 0 Å². The Bertz CT molecular complexity index is 1150. The molecule has 0 aliphatic carbocycles. The van der Waals surface area contributed by atoms with E-state index in [0.717, 1.165) is 5.56 Å². The Morgan fingerprint density at radius 2 is 1.49 bits per heavy atom. The summed E-state index contributed by atoms with van der Waals surface area (Å²) in [5.41, 5.74) is 1.02. The monoisotopic (exact) mass is 529 g/mol. The molecule has 0 spiro atoms. The van der Waals surface area contributed by atoms with Crippen molar-refractivity contribution in [3.05, 3.63) is 77.2 Å². The van der Waals surface area contributed by atoms with Crippen LogP contribution >= 0.6 is 11.6 Å². The highest BCUT2D eigenvalue weighted by atomic mass is 35.5. The van der Waals surface area contributed by atoms with Crippen molar-refractivity contribution in [2.75, 3.05) is 25.1 Å². The van der Waals surface area contributed by atoms with Gasteiger partial charge in [-0.1, -0.05) is 30.3 Å². The van der Waals surface area contributed by atoms with Gasteiger partial charge in [-0.2, -0.15) is 4.98 Å². The van der Waals surface area contributed by atoms with Crippen molar-refractivity contribution in [1.29, 1.82) is 0 Å². The lowest BCUT2D eigenvalue weighted by Gasteiger charge is -2.19. The first-order chi connectivity index (χ1) is 17.9. The van der Waals surface area contributed by atoms with Crippen LogP contribution in [-0.2, 0) is 25.4 Å². The Morgan fingerprint density at radius 1 is 0.865 bits per heavy atom. The summed E-state index contributed by atoms with van der Waals surface area (Å²) in [6, 6.07) is 10.3. The minimum absolute atomic E-state index is 0.0529. The number of carbonyl (C=O) groups is 3. The van der Waals surface area contributed by atoms with Crippen LogP contribution in [0.5, 0.6) is 0 Å². The van der Waals surface area contributed by atoms with E-state index in [1.165, 1.54) is 18.6 Å². The lowest BCUT2D eigenvalue weighted by Crippen LogP contribution is -2.34. The predicted octanol–water partition coefficient (Wildman–Crippen LogP) is 3.55. The SMILES string of the molecule is CCOC(=O)c1cnc(Cl)nc1NC(Cc1ccccc1)C(=O)OCC.CCOC(=O)c1ncccn1. The Labute approximate surface area is 219 Å². The quantitative estimate of drug-likeness (QED) is 0.234. The maximum atomic E-state index is 12.4. The number of anilines is 1. The normalized spacial score (nSPS) is 10.8. The van der Waals surface area contributed by atoms with Crippen LogP contribution in [0.3, 0.4) is 0 Å². The summed E-state index contributed by atoms with van der Waals surface area (Å²) in [4.78, 5) is 50.6. The number of halogens is 1. The number of ether oxygens (including phenoxy) is 3. The molecule has 3 rings (SSSR count). The number of esters is 3. The maximum absolute atomic E-state index is 12.4. The van der Waals surface area contributed by atoms with Gasteiger partial charge >= 0.3 is 17.9 Å². The molecule has 0 amide bonds. The highest BCUT2D eigenvalue weighted by Crippen LogP contribution is 2.18. The zero-order valence-electron chi connectivity index (χ0n) is 20.7. The minimum Gasteiger partial charge on any atom is -0.464 e. The van der Waals surface area contributed by atoms with E-state index >= 15 is 0 Å². The average molecular weight is 530 g/mol. The third-order valence-corrected chi connectivity index (χ3v) is 4.63. The van der Waals surface area contributed by atoms with Crippen molar-refractivity contribution in [2.45, 2.75) is 33.2 Å². The van der Waals surface area contributed by atoms with Gasteiger partial charge < -0.3 is 19.5 Å². The molecule has 0 saturated heterocycles. The lowest BCUT2D eigenvalue weighted by molar-refractivity contribution is -0.144. The highest BCUT2D eigenvalue weighted by Gasteiger charge is 2.24. The Kier molecular flexibility index (Phi) is 12.4. The molecule has 1 N–H and O–H groups in total. The first kappa shape index (κ1) is 29.1. The zero-order chi connectivity index (χ0) is 27.0. The molecule has 196 valence electrons. The molecular weight excluding hydrogens is 502 g/mol. The molecule has 0 saturated carbocycles. The Hall–Kier alpha value is -4.12. The summed E-state index contributed by atoms with van der Waals surface area (Å²) >= 11 is 5.85. The van der Waals surface area contributed by atoms with Gasteiger partial charge in [-0.25, -0.2) is 29.3 Å². The number of aromatic nitrogens is 4. The van der Waals surface area contributed by atoms with E-state index in [2.05, 4.69) is 30.0 Å². The molecule has 1 aromatic carbocycles. The standard InChI is InChI=1S/C18H20ClN3O4.C7H8N2O2/c1-3-25-16(23)13-11-20-18(19)22-15(13)21-14(17(24)26-4-2)10-12-8-6-5-7-9-12;1-2-11-7(10)6-8-4-3-5-9-6/h5-9,11,14H,3-4,10H2,1-2H3,(H,20,21,22);3-5H,2H2,1H3. The molecule has 0 radical (unpaired) electrons. The van der Waals surface area contributed by atoms with Gasteiger partial charge in [0.05, 0.1) is 19.8 Å². The second kappa shape index (κ2) is 15.8. The van der Waals surface area contributed by atoms with Crippen LogP contribution in [0.2, 0.25) is 5.28 Å². The van der Waals surface area contributed by atoms with E-state index in [-0.39, 0.29) is 35.7 Å². The van der Waals surface area contributed by atoms with Gasteiger partial charge in [0.2, 0.25) is 11.1 Å². The molecule has 2 heterocycles. The predicted molar refractivity (Wildman–Crippen MR) is 135 cm³/mol. The summed E-state index contributed by atoms with van der Waals surface area (Å²) in [6.07, 6.45) is 4.61. The third-order valence-electron chi connectivity index (χ3n) is 4.44. The van der Waals surface area contributed by atoms with Gasteiger partial charge in [-0.05, 0) is 44.0 Å². The molecule has 0 bridgehead atoms. The number of carbonyl (C=O) groups excluding carboxylic acids is 3. The largest absolute Gasteiger partial charge is 0.464 e. The third kappa shape index (κ3) is 9.80. The van der Waals surface area contributed by atoms with Gasteiger partial charge in [-0.15, -0.1) is 0 Å². The number of hydrogen-bond donors (Lipinski definition) is 1. The molecule has 0 aliphatic rings.